The number of nitrogens with one attached hydrogen (secondary N) is 18. The van der Waals surface area contributed by atoms with Crippen LogP contribution in [0, 0.1) is 10.8 Å². The molecule has 25 N–H and O–H groups in total. The van der Waals surface area contributed by atoms with Gasteiger partial charge in [-0.15, -0.1) is 0 Å². The van der Waals surface area contributed by atoms with Gasteiger partial charge in [0.25, 0.3) is 0 Å². The van der Waals surface area contributed by atoms with E-state index in [1.54, 1.807) is 60.8 Å². The molecular weight excluding hydrogens is 1500 g/mol. The predicted molar refractivity (Wildman–Crippen MR) is 416 cm³/mol. The van der Waals surface area contributed by atoms with Crippen LogP contribution in [0.4, 0.5) is 0 Å². The Labute approximate surface area is 655 Å². The standard InChI is InChI=1S/C69H101N23O16S3/c1-3-4-16-43(82-55(95)32-79-54(94)29-70)59(100)91-66(107)53-20-12-25-92(53)67(108)46(19-11-24-77-69(73)74)85-65(106)52(35-111)89-61(102)48(27-39-30-78-42-17-9-8-15-41(39)42)87-57(98)44(18-10-23-76-68(71)72)83-60(101)47(26-38-13-6-5-7-14-38)86-62(103)49(28-40-31-75-36-80-40)88-58(99)45(21-22-56(96)97)84-64(105)51(34-110)90-63(104)50(33-109)81-37(2)93/h5-9,13-15,17,30-31,36,43-53,78,109-111H,3-4,10-12,16,18-29,32-35,70H2,1-2H3,(H,75,80)(H,79,94)(H,81,93)(H,82,95)(H,83,101)(H,84,105)(H,85,106)(H,86,103)(H,87,98)(H,88,99)(H,89,102)(H,90,104)(H,96,97)(H4,71,72,76)(H4,73,74,77)(H,91,100,107)/t43-,44-,45-,46-,47+,48-,49-,50-,51-,52-,53-/m0/s1. The zero-order chi connectivity index (χ0) is 81.7. The molecule has 14 amide bonds. The highest BCUT2D eigenvalue weighted by Gasteiger charge is 2.41. The van der Waals surface area contributed by atoms with Crippen molar-refractivity contribution in [3.63, 3.8) is 0 Å². The molecule has 111 heavy (non-hydrogen) atoms. The van der Waals surface area contributed by atoms with E-state index in [4.69, 9.17) is 28.0 Å². The Hall–Kier alpha value is -11.0. The number of carboxylic acids is 1. The van der Waals surface area contributed by atoms with Crippen molar-refractivity contribution >= 4 is 149 Å². The van der Waals surface area contributed by atoms with E-state index in [1.807, 2.05) is 6.92 Å². The number of aromatic nitrogens is 3. The Morgan fingerprint density at radius 2 is 1.04 bits per heavy atom. The third-order valence-corrected chi connectivity index (χ3v) is 18.6. The van der Waals surface area contributed by atoms with Crippen LogP contribution in [-0.2, 0) is 91.2 Å². The molecule has 1 aliphatic heterocycles. The van der Waals surface area contributed by atoms with Gasteiger partial charge in [-0.1, -0.05) is 68.3 Å². The maximum absolute atomic E-state index is 15.2. The Morgan fingerprint density at radius 3 is 1.57 bits per heavy atom. The summed E-state index contributed by atoms with van der Waals surface area (Å²) >= 11 is 12.7. The summed E-state index contributed by atoms with van der Waals surface area (Å²) in [5.74, 6) is -15.3. The molecule has 5 rings (SSSR count). The summed E-state index contributed by atoms with van der Waals surface area (Å²) < 4.78 is 0. The molecule has 606 valence electrons. The summed E-state index contributed by atoms with van der Waals surface area (Å²) in [6, 6.07) is -0.841. The summed E-state index contributed by atoms with van der Waals surface area (Å²) in [4.78, 5) is 218. The molecule has 39 nitrogen and oxygen atoms in total. The number of imide groups is 1. The number of guanidine groups is 2. The van der Waals surface area contributed by atoms with Crippen LogP contribution in [0.25, 0.3) is 10.9 Å². The van der Waals surface area contributed by atoms with Crippen LogP contribution in [0.2, 0.25) is 0 Å². The molecule has 1 saturated heterocycles. The van der Waals surface area contributed by atoms with Crippen LogP contribution in [0.1, 0.15) is 101 Å². The summed E-state index contributed by atoms with van der Waals surface area (Å²) in [5.41, 5.74) is 18.3. The van der Waals surface area contributed by atoms with Crippen molar-refractivity contribution in [2.24, 2.45) is 17.2 Å². The van der Waals surface area contributed by atoms with Gasteiger partial charge in [0.15, 0.2) is 11.9 Å². The predicted octanol–water partition coefficient (Wildman–Crippen LogP) is -5.13. The number of aromatic amines is 2. The van der Waals surface area contributed by atoms with Gasteiger partial charge in [0.2, 0.25) is 82.7 Å². The van der Waals surface area contributed by atoms with Gasteiger partial charge in [-0.3, -0.25) is 88.1 Å². The summed E-state index contributed by atoms with van der Waals surface area (Å²) in [6.07, 6.45) is 3.54. The first kappa shape index (κ1) is 90.6. The Kier molecular flexibility index (Phi) is 38.5. The maximum atomic E-state index is 15.2. The Balaban J connectivity index is 1.45. The maximum Gasteiger partial charge on any atom is 0.303 e. The highest BCUT2D eigenvalue weighted by Crippen LogP contribution is 2.22. The number of imidazole rings is 1. The van der Waals surface area contributed by atoms with Gasteiger partial charge in [0.1, 0.15) is 66.5 Å². The number of fused-ring (bicyclic) bond motifs is 1. The van der Waals surface area contributed by atoms with Crippen molar-refractivity contribution in [2.45, 2.75) is 170 Å². The van der Waals surface area contributed by atoms with E-state index in [0.717, 1.165) is 6.92 Å². The summed E-state index contributed by atoms with van der Waals surface area (Å²) in [6.45, 7) is 2.17. The van der Waals surface area contributed by atoms with Gasteiger partial charge in [-0.25, -0.2) is 4.98 Å². The Morgan fingerprint density at radius 1 is 0.559 bits per heavy atom. The zero-order valence-electron chi connectivity index (χ0n) is 61.4. The lowest BCUT2D eigenvalue weighted by Gasteiger charge is -2.30. The average Bonchev–Trinajstić information content (AvgIpc) is 1.70. The van der Waals surface area contributed by atoms with E-state index in [1.165, 1.54) is 17.4 Å². The van der Waals surface area contributed by atoms with Crippen molar-refractivity contribution in [1.82, 2.24) is 94.3 Å². The molecule has 3 heterocycles. The molecule has 0 bridgehead atoms. The minimum atomic E-state index is -1.69. The molecule has 42 heteroatoms. The number of carboxylic acid groups (broad SMARTS) is 1. The first-order valence-corrected chi connectivity index (χ1v) is 37.8. The number of thiol groups is 3. The number of nitrogens with two attached hydrogens (primary N) is 3. The van der Waals surface area contributed by atoms with Crippen LogP contribution in [-0.4, -0.2) is 242 Å². The lowest BCUT2D eigenvalue weighted by Crippen LogP contribution is -2.61. The lowest BCUT2D eigenvalue weighted by molar-refractivity contribution is -0.143. The van der Waals surface area contributed by atoms with Crippen LogP contribution >= 0.6 is 37.9 Å². The number of para-hydroxylation sites is 1. The molecule has 1 aliphatic rings. The normalized spacial score (nSPS) is 15.0. The number of unbranched alkanes of at least 4 members (excludes halogenated alkanes) is 1. The molecule has 4 aromatic rings. The van der Waals surface area contributed by atoms with Crippen molar-refractivity contribution in [3.05, 3.63) is 90.1 Å². The number of H-pyrrole nitrogens is 2. The van der Waals surface area contributed by atoms with Crippen molar-refractivity contribution < 1.29 is 77.0 Å². The van der Waals surface area contributed by atoms with E-state index in [9.17, 15) is 62.6 Å². The second kappa shape index (κ2) is 47.1. The number of likely N-dealkylation sites (tertiary alicyclic amines) is 1. The number of nitrogens with zero attached hydrogens (tertiary/aromatic N) is 2. The van der Waals surface area contributed by atoms with Crippen molar-refractivity contribution in [2.75, 3.05) is 50.0 Å². The number of hydrogen-bond donors (Lipinski definition) is 25. The number of amides is 14. The Bertz CT molecular complexity index is 3890. The van der Waals surface area contributed by atoms with Crippen LogP contribution in [0.3, 0.4) is 0 Å². The van der Waals surface area contributed by atoms with Gasteiger partial charge in [0, 0.05) is 92.8 Å². The van der Waals surface area contributed by atoms with Crippen molar-refractivity contribution in [3.8, 4) is 0 Å². The molecule has 0 radical (unpaired) electrons. The molecule has 0 unspecified atom stereocenters. The second-order valence-corrected chi connectivity index (χ2v) is 27.1. The summed E-state index contributed by atoms with van der Waals surface area (Å²) in [7, 11) is 0. The number of carbonyl (C=O) groups is 15. The van der Waals surface area contributed by atoms with E-state index in [0.29, 0.717) is 41.3 Å². The first-order chi connectivity index (χ1) is 53.0. The fourth-order valence-corrected chi connectivity index (χ4v) is 12.5. The van der Waals surface area contributed by atoms with Gasteiger partial charge >= 0.3 is 5.97 Å². The molecule has 2 aromatic heterocycles. The van der Waals surface area contributed by atoms with E-state index < -0.39 is 186 Å². The topological polar surface area (TPSA) is 618 Å². The number of benzene rings is 2. The molecule has 0 aliphatic carbocycles. The number of hydrogen-bond acceptors (Lipinski definition) is 22. The smallest absolute Gasteiger partial charge is 0.303 e. The second-order valence-electron chi connectivity index (χ2n) is 26.0. The van der Waals surface area contributed by atoms with Crippen LogP contribution < -0.4 is 91.6 Å². The minimum Gasteiger partial charge on any atom is -0.481 e. The largest absolute Gasteiger partial charge is 0.481 e. The quantitative estimate of drug-likeness (QED) is 0.00851. The van der Waals surface area contributed by atoms with Gasteiger partial charge in [0.05, 0.1) is 25.1 Å². The van der Waals surface area contributed by atoms with Gasteiger partial charge in [-0.05, 0) is 68.6 Å². The van der Waals surface area contributed by atoms with E-state index in [2.05, 4.69) is 127 Å². The number of aliphatic carboxylic acids is 1. The number of rotatable bonds is 47. The molecule has 11 atom stereocenters. The highest BCUT2D eigenvalue weighted by molar-refractivity contribution is 7.80. The van der Waals surface area contributed by atoms with E-state index >= 15 is 14.4 Å². The molecule has 0 spiro atoms. The monoisotopic (exact) mass is 1600 g/mol. The van der Waals surface area contributed by atoms with Crippen molar-refractivity contribution in [1.29, 1.82) is 10.8 Å². The van der Waals surface area contributed by atoms with Crippen LogP contribution in [0.5, 0.6) is 0 Å². The molecular formula is C69H101N23O16S3. The first-order valence-electron chi connectivity index (χ1n) is 35.9. The molecule has 0 saturated carbocycles. The summed E-state index contributed by atoms with van der Waals surface area (Å²) in [5, 5.41) is 61.5. The number of carbonyl (C=O) groups excluding carboxylic acids is 14. The molecule has 1 fully saturated rings. The zero-order valence-corrected chi connectivity index (χ0v) is 64.1. The minimum absolute atomic E-state index is 0.00147. The van der Waals surface area contributed by atoms with E-state index in [-0.39, 0.29) is 107 Å². The highest BCUT2D eigenvalue weighted by atomic mass is 32.1. The fraction of sp³-hybridized carbons (Fsp3) is 0.507. The average molecular weight is 1600 g/mol. The fourth-order valence-electron chi connectivity index (χ4n) is 11.7. The SMILES string of the molecule is CCCC[C@H](NC(=O)CNC(=O)CN)C(=O)NC(=O)[C@@H]1CCCN1C(=O)[C@H](CCCNC(=N)N)NC(=O)[C@H](CS)NC(=O)[C@H](Cc1c[nH]c2ccccc12)NC(=O)[C@H](CCCNC(=N)N)NC(=O)[C@@H](Cc1ccccc1)NC(=O)[C@H](Cc1c[nH]cn1)NC(=O)[C@H](CCC(=O)O)NC(=O)[C@H](CS)NC(=O)[C@H](CS)NC(C)=O. The third kappa shape index (κ3) is 30.8. The van der Waals surface area contributed by atoms with Gasteiger partial charge < -0.3 is 106 Å². The molecule has 2 aromatic carbocycles. The lowest BCUT2D eigenvalue weighted by atomic mass is 10.0. The van der Waals surface area contributed by atoms with Crippen LogP contribution in [0.15, 0.2) is 73.3 Å². The van der Waals surface area contributed by atoms with Gasteiger partial charge in [-0.2, -0.15) is 37.9 Å². The third-order valence-electron chi connectivity index (χ3n) is 17.5.